The summed E-state index contributed by atoms with van der Waals surface area (Å²) in [5, 5.41) is 15.0. The van der Waals surface area contributed by atoms with Crippen LogP contribution in [0.25, 0.3) is 0 Å². The van der Waals surface area contributed by atoms with E-state index in [-0.39, 0.29) is 17.8 Å². The molecule has 1 saturated carbocycles. The van der Waals surface area contributed by atoms with Gasteiger partial charge in [-0.2, -0.15) is 4.98 Å². The van der Waals surface area contributed by atoms with Crippen LogP contribution in [0.3, 0.4) is 0 Å². The van der Waals surface area contributed by atoms with E-state index in [1.165, 1.54) is 30.2 Å². The fraction of sp³-hybridized carbons (Fsp3) is 0.562. The SMILES string of the molecule is O=C(c1cc(O)cs1)N1CCOC(c2noc(C3CCCC3)n2)C1. The van der Waals surface area contributed by atoms with Crippen molar-refractivity contribution in [3.63, 3.8) is 0 Å². The van der Waals surface area contributed by atoms with Crippen LogP contribution in [0.2, 0.25) is 0 Å². The highest BCUT2D eigenvalue weighted by Crippen LogP contribution is 2.34. The Kier molecular flexibility index (Phi) is 4.24. The maximum Gasteiger partial charge on any atom is 0.264 e. The molecule has 0 spiro atoms. The van der Waals surface area contributed by atoms with Crippen molar-refractivity contribution >= 4 is 17.2 Å². The Bertz CT molecular complexity index is 722. The highest BCUT2D eigenvalue weighted by Gasteiger charge is 2.31. The third-order valence-electron chi connectivity index (χ3n) is 4.60. The minimum Gasteiger partial charge on any atom is -0.507 e. The topological polar surface area (TPSA) is 88.7 Å². The molecule has 1 N–H and O–H groups in total. The molecule has 2 aromatic rings. The van der Waals surface area contributed by atoms with Gasteiger partial charge in [-0.15, -0.1) is 11.3 Å². The zero-order valence-corrected chi connectivity index (χ0v) is 14.0. The molecule has 1 amide bonds. The van der Waals surface area contributed by atoms with E-state index in [1.54, 1.807) is 10.3 Å². The Morgan fingerprint density at radius 2 is 2.21 bits per heavy atom. The molecular weight excluding hydrogens is 330 g/mol. The summed E-state index contributed by atoms with van der Waals surface area (Å²) >= 11 is 1.24. The molecule has 1 saturated heterocycles. The van der Waals surface area contributed by atoms with E-state index < -0.39 is 0 Å². The van der Waals surface area contributed by atoms with Crippen LogP contribution in [0.5, 0.6) is 5.75 Å². The first kappa shape index (κ1) is 15.6. The normalized spacial score (nSPS) is 22.2. The van der Waals surface area contributed by atoms with Crippen molar-refractivity contribution in [2.75, 3.05) is 19.7 Å². The van der Waals surface area contributed by atoms with Crippen LogP contribution in [0.15, 0.2) is 16.0 Å². The average Bonchev–Trinajstić information content (AvgIpc) is 3.35. The van der Waals surface area contributed by atoms with Gasteiger partial charge in [0.1, 0.15) is 11.9 Å². The molecule has 2 aliphatic rings. The number of ether oxygens (including phenoxy) is 1. The molecule has 8 heteroatoms. The fourth-order valence-electron chi connectivity index (χ4n) is 3.30. The number of hydrogen-bond donors (Lipinski definition) is 1. The van der Waals surface area contributed by atoms with Crippen molar-refractivity contribution in [3.05, 3.63) is 28.0 Å². The molecule has 3 heterocycles. The zero-order valence-electron chi connectivity index (χ0n) is 13.2. The van der Waals surface area contributed by atoms with E-state index >= 15 is 0 Å². The van der Waals surface area contributed by atoms with Gasteiger partial charge in [-0.05, 0) is 12.8 Å². The monoisotopic (exact) mass is 349 g/mol. The maximum atomic E-state index is 12.5. The van der Waals surface area contributed by atoms with Gasteiger partial charge >= 0.3 is 0 Å². The van der Waals surface area contributed by atoms with Gasteiger partial charge in [-0.3, -0.25) is 4.79 Å². The fourth-order valence-corrected chi connectivity index (χ4v) is 4.04. The summed E-state index contributed by atoms with van der Waals surface area (Å²) in [7, 11) is 0. The molecule has 1 unspecified atom stereocenters. The summed E-state index contributed by atoms with van der Waals surface area (Å²) in [6.45, 7) is 1.34. The van der Waals surface area contributed by atoms with Crippen molar-refractivity contribution in [2.24, 2.45) is 0 Å². The van der Waals surface area contributed by atoms with Crippen LogP contribution in [-0.2, 0) is 4.74 Å². The predicted octanol–water partition coefficient (Wildman–Crippen LogP) is 2.71. The van der Waals surface area contributed by atoms with Crippen molar-refractivity contribution in [1.29, 1.82) is 0 Å². The van der Waals surface area contributed by atoms with E-state index in [2.05, 4.69) is 10.1 Å². The summed E-state index contributed by atoms with van der Waals surface area (Å²) in [4.78, 5) is 19.3. The Balaban J connectivity index is 1.45. The first-order chi connectivity index (χ1) is 11.7. The molecule has 0 aromatic carbocycles. The second-order valence-electron chi connectivity index (χ2n) is 6.25. The van der Waals surface area contributed by atoms with Crippen molar-refractivity contribution in [1.82, 2.24) is 15.0 Å². The van der Waals surface area contributed by atoms with Gasteiger partial charge in [0, 0.05) is 23.9 Å². The van der Waals surface area contributed by atoms with Crippen LogP contribution >= 0.6 is 11.3 Å². The standard InChI is InChI=1S/C16H19N3O4S/c20-11-7-13(24-9-11)16(21)19-5-6-22-12(8-19)14-17-15(23-18-14)10-3-1-2-4-10/h7,9-10,12,20H,1-6,8H2. The summed E-state index contributed by atoms with van der Waals surface area (Å²) in [6.07, 6.45) is 4.24. The molecule has 7 nitrogen and oxygen atoms in total. The summed E-state index contributed by atoms with van der Waals surface area (Å²) < 4.78 is 11.1. The third-order valence-corrected chi connectivity index (χ3v) is 5.51. The summed E-state index contributed by atoms with van der Waals surface area (Å²) in [6, 6.07) is 1.49. The molecule has 1 aliphatic heterocycles. The van der Waals surface area contributed by atoms with Crippen LogP contribution in [0.4, 0.5) is 0 Å². The number of aromatic hydroxyl groups is 1. The number of aromatic nitrogens is 2. The van der Waals surface area contributed by atoms with E-state index in [0.29, 0.717) is 42.2 Å². The van der Waals surface area contributed by atoms with Crippen LogP contribution < -0.4 is 0 Å². The number of hydrogen-bond acceptors (Lipinski definition) is 7. The van der Waals surface area contributed by atoms with Gasteiger partial charge < -0.3 is 19.3 Å². The Hall–Kier alpha value is -1.93. The first-order valence-corrected chi connectivity index (χ1v) is 9.10. The number of morpholine rings is 1. The molecule has 1 aliphatic carbocycles. The van der Waals surface area contributed by atoms with Gasteiger partial charge in [0.05, 0.1) is 18.0 Å². The minimum absolute atomic E-state index is 0.104. The molecule has 0 radical (unpaired) electrons. The van der Waals surface area contributed by atoms with Crippen molar-refractivity contribution < 1.29 is 19.2 Å². The lowest BCUT2D eigenvalue weighted by Gasteiger charge is -2.31. The molecule has 24 heavy (non-hydrogen) atoms. The Labute approximate surface area is 143 Å². The van der Waals surface area contributed by atoms with Gasteiger partial charge in [-0.25, -0.2) is 0 Å². The Morgan fingerprint density at radius 1 is 1.38 bits per heavy atom. The third kappa shape index (κ3) is 3.03. The minimum atomic E-state index is -0.366. The lowest BCUT2D eigenvalue weighted by molar-refractivity contribution is -0.0274. The highest BCUT2D eigenvalue weighted by atomic mass is 32.1. The van der Waals surface area contributed by atoms with E-state index in [0.717, 1.165) is 12.8 Å². The molecule has 2 aromatic heterocycles. The first-order valence-electron chi connectivity index (χ1n) is 8.22. The van der Waals surface area contributed by atoms with Gasteiger partial charge in [0.2, 0.25) is 11.7 Å². The molecule has 128 valence electrons. The second-order valence-corrected chi connectivity index (χ2v) is 7.16. The smallest absolute Gasteiger partial charge is 0.264 e. The molecule has 0 bridgehead atoms. The number of amides is 1. The van der Waals surface area contributed by atoms with Gasteiger partial charge in [0.25, 0.3) is 5.91 Å². The number of thiophene rings is 1. The second kappa shape index (κ2) is 6.52. The van der Waals surface area contributed by atoms with Gasteiger partial charge in [-0.1, -0.05) is 18.0 Å². The molecule has 2 fully saturated rings. The predicted molar refractivity (Wildman–Crippen MR) is 86.1 cm³/mol. The molecule has 1 atom stereocenters. The van der Waals surface area contributed by atoms with Crippen molar-refractivity contribution in [2.45, 2.75) is 37.7 Å². The lowest BCUT2D eigenvalue weighted by atomic mass is 10.1. The molecular formula is C16H19N3O4S. The van der Waals surface area contributed by atoms with E-state index in [4.69, 9.17) is 9.26 Å². The van der Waals surface area contributed by atoms with E-state index in [9.17, 15) is 9.90 Å². The average molecular weight is 349 g/mol. The van der Waals surface area contributed by atoms with E-state index in [1.807, 2.05) is 0 Å². The van der Waals surface area contributed by atoms with Crippen LogP contribution in [0.1, 0.15) is 59.1 Å². The molecule has 4 rings (SSSR count). The number of carbonyl (C=O) groups is 1. The number of carbonyl (C=O) groups excluding carboxylic acids is 1. The summed E-state index contributed by atoms with van der Waals surface area (Å²) in [5.41, 5.74) is 0. The summed E-state index contributed by atoms with van der Waals surface area (Å²) in [5.74, 6) is 1.59. The largest absolute Gasteiger partial charge is 0.507 e. The van der Waals surface area contributed by atoms with Crippen LogP contribution in [-0.4, -0.2) is 45.8 Å². The number of nitrogens with zero attached hydrogens (tertiary/aromatic N) is 3. The van der Waals surface area contributed by atoms with Gasteiger partial charge in [0.15, 0.2) is 0 Å². The quantitative estimate of drug-likeness (QED) is 0.916. The maximum absolute atomic E-state index is 12.5. The number of rotatable bonds is 3. The van der Waals surface area contributed by atoms with Crippen LogP contribution in [0, 0.1) is 0 Å². The van der Waals surface area contributed by atoms with Crippen molar-refractivity contribution in [3.8, 4) is 5.75 Å². The zero-order chi connectivity index (χ0) is 16.5. The highest BCUT2D eigenvalue weighted by molar-refractivity contribution is 7.12. The Morgan fingerprint density at radius 3 is 2.96 bits per heavy atom. The lowest BCUT2D eigenvalue weighted by Crippen LogP contribution is -2.42.